The van der Waals surface area contributed by atoms with Gasteiger partial charge in [0.05, 0.1) is 31.3 Å². The summed E-state index contributed by atoms with van der Waals surface area (Å²) >= 11 is 0. The molecule has 1 aromatic heterocycles. The Hall–Kier alpha value is -3.35. The van der Waals surface area contributed by atoms with Gasteiger partial charge in [-0.05, 0) is 32.0 Å². The van der Waals surface area contributed by atoms with E-state index in [4.69, 9.17) is 9.47 Å². The molecule has 0 aliphatic heterocycles. The van der Waals surface area contributed by atoms with E-state index in [1.54, 1.807) is 37.3 Å². The molecule has 0 radical (unpaired) electrons. The van der Waals surface area contributed by atoms with Gasteiger partial charge < -0.3 is 14.6 Å². The van der Waals surface area contributed by atoms with Crippen molar-refractivity contribution in [3.05, 3.63) is 57.6 Å². The van der Waals surface area contributed by atoms with Gasteiger partial charge in [-0.3, -0.25) is 4.79 Å². The number of aromatic hydroxyl groups is 1. The van der Waals surface area contributed by atoms with E-state index in [0.29, 0.717) is 33.8 Å². The average molecular weight is 353 g/mol. The molecule has 0 saturated heterocycles. The number of hydrogen-bond acceptors (Lipinski definition) is 6. The Labute approximate surface area is 150 Å². The van der Waals surface area contributed by atoms with Crippen LogP contribution in [0.25, 0.3) is 10.9 Å². The first-order chi connectivity index (χ1) is 12.4. The number of methoxy groups -OCH3 is 2. The summed E-state index contributed by atoms with van der Waals surface area (Å²) in [4.78, 5) is 17.3. The first-order valence-corrected chi connectivity index (χ1v) is 7.94. The number of phenolic OH excluding ortho intramolecular Hbond substituents is 1. The third-order valence-electron chi connectivity index (χ3n) is 4.01. The molecule has 0 aliphatic rings. The maximum atomic E-state index is 12.8. The van der Waals surface area contributed by atoms with Crippen molar-refractivity contribution >= 4 is 17.1 Å². The molecule has 134 valence electrons. The summed E-state index contributed by atoms with van der Waals surface area (Å²) in [7, 11) is 3.03. The number of aromatic nitrogens is 2. The number of rotatable bonds is 4. The molecule has 3 aromatic rings. The summed E-state index contributed by atoms with van der Waals surface area (Å²) in [5.74, 6) is 1.44. The summed E-state index contributed by atoms with van der Waals surface area (Å²) in [5.41, 5.74) is 1.65. The Balaban J connectivity index is 2.16. The van der Waals surface area contributed by atoms with E-state index in [0.717, 1.165) is 5.56 Å². The second-order valence-corrected chi connectivity index (χ2v) is 5.81. The number of hydrogen-bond donors (Lipinski definition) is 1. The summed E-state index contributed by atoms with van der Waals surface area (Å²) in [5, 5.41) is 14.5. The molecule has 0 saturated carbocycles. The summed E-state index contributed by atoms with van der Waals surface area (Å²) in [6.45, 7) is 3.59. The predicted octanol–water partition coefficient (Wildman–Crippen LogP) is 2.62. The maximum Gasteiger partial charge on any atom is 0.282 e. The lowest BCUT2D eigenvalue weighted by molar-refractivity contribution is 0.355. The Morgan fingerprint density at radius 3 is 2.50 bits per heavy atom. The van der Waals surface area contributed by atoms with Gasteiger partial charge in [0.15, 0.2) is 11.5 Å². The van der Waals surface area contributed by atoms with Crippen LogP contribution in [0, 0.1) is 13.8 Å². The molecule has 0 bridgehead atoms. The molecule has 7 heteroatoms. The van der Waals surface area contributed by atoms with Crippen LogP contribution in [0.15, 0.2) is 40.2 Å². The fourth-order valence-corrected chi connectivity index (χ4v) is 2.65. The molecule has 1 heterocycles. The standard InChI is InChI=1S/C19H19N3O4/c1-11-5-6-16(23)13(7-11)10-20-22-12(2)21-15-9-18(26-4)17(25-3)8-14(15)19(22)24/h5-10,23H,1-4H3/b20-10+. The summed E-state index contributed by atoms with van der Waals surface area (Å²) < 4.78 is 11.7. The van der Waals surface area contributed by atoms with Crippen molar-refractivity contribution < 1.29 is 14.6 Å². The van der Waals surface area contributed by atoms with Gasteiger partial charge in [-0.1, -0.05) is 11.6 Å². The van der Waals surface area contributed by atoms with E-state index in [1.807, 2.05) is 6.92 Å². The highest BCUT2D eigenvalue weighted by Gasteiger charge is 2.13. The van der Waals surface area contributed by atoms with Gasteiger partial charge in [0, 0.05) is 11.6 Å². The number of fused-ring (bicyclic) bond motifs is 1. The second-order valence-electron chi connectivity index (χ2n) is 5.81. The zero-order valence-electron chi connectivity index (χ0n) is 15.0. The van der Waals surface area contributed by atoms with E-state index in [2.05, 4.69) is 10.1 Å². The van der Waals surface area contributed by atoms with Gasteiger partial charge in [-0.15, -0.1) is 0 Å². The summed E-state index contributed by atoms with van der Waals surface area (Å²) in [6, 6.07) is 8.40. The first kappa shape index (κ1) is 17.5. The van der Waals surface area contributed by atoms with Crippen LogP contribution in [0.4, 0.5) is 0 Å². The monoisotopic (exact) mass is 353 g/mol. The van der Waals surface area contributed by atoms with Crippen LogP contribution in [0.3, 0.4) is 0 Å². The van der Waals surface area contributed by atoms with Gasteiger partial charge >= 0.3 is 0 Å². The summed E-state index contributed by atoms with van der Waals surface area (Å²) in [6.07, 6.45) is 1.44. The number of benzene rings is 2. The minimum absolute atomic E-state index is 0.0882. The normalized spacial score (nSPS) is 11.2. The van der Waals surface area contributed by atoms with Crippen LogP contribution in [-0.4, -0.2) is 35.2 Å². The molecule has 2 aromatic carbocycles. The Morgan fingerprint density at radius 1 is 1.12 bits per heavy atom. The van der Waals surface area contributed by atoms with Gasteiger partial charge in [0.25, 0.3) is 5.56 Å². The molecule has 0 amide bonds. The van der Waals surface area contributed by atoms with Crippen molar-refractivity contribution in [2.75, 3.05) is 14.2 Å². The number of ether oxygens (including phenoxy) is 2. The number of aryl methyl sites for hydroxylation is 2. The van der Waals surface area contributed by atoms with E-state index in [-0.39, 0.29) is 11.3 Å². The van der Waals surface area contributed by atoms with Crippen molar-refractivity contribution in [2.45, 2.75) is 13.8 Å². The van der Waals surface area contributed by atoms with Gasteiger partial charge in [0.1, 0.15) is 11.6 Å². The molecule has 26 heavy (non-hydrogen) atoms. The largest absolute Gasteiger partial charge is 0.507 e. The second kappa shape index (κ2) is 6.87. The van der Waals surface area contributed by atoms with Crippen molar-refractivity contribution in [1.29, 1.82) is 0 Å². The molecule has 0 aliphatic carbocycles. The number of nitrogens with zero attached hydrogens (tertiary/aromatic N) is 3. The fraction of sp³-hybridized carbons (Fsp3) is 0.211. The zero-order valence-corrected chi connectivity index (χ0v) is 15.0. The molecule has 1 N–H and O–H groups in total. The SMILES string of the molecule is COc1cc2nc(C)n(/N=C/c3cc(C)ccc3O)c(=O)c2cc1OC. The fourth-order valence-electron chi connectivity index (χ4n) is 2.65. The van der Waals surface area contributed by atoms with Gasteiger partial charge in [0.2, 0.25) is 0 Å². The quantitative estimate of drug-likeness (QED) is 0.729. The van der Waals surface area contributed by atoms with E-state index < -0.39 is 0 Å². The maximum absolute atomic E-state index is 12.8. The van der Waals surface area contributed by atoms with Gasteiger partial charge in [-0.2, -0.15) is 9.78 Å². The smallest absolute Gasteiger partial charge is 0.282 e. The molecule has 7 nitrogen and oxygen atoms in total. The first-order valence-electron chi connectivity index (χ1n) is 7.94. The minimum Gasteiger partial charge on any atom is -0.507 e. The van der Waals surface area contributed by atoms with Crippen LogP contribution in [0.1, 0.15) is 17.0 Å². The molecule has 0 atom stereocenters. The third-order valence-corrected chi connectivity index (χ3v) is 4.01. The predicted molar refractivity (Wildman–Crippen MR) is 99.7 cm³/mol. The lowest BCUT2D eigenvalue weighted by Gasteiger charge is -2.10. The van der Waals surface area contributed by atoms with E-state index in [9.17, 15) is 9.90 Å². The Kier molecular flexibility index (Phi) is 4.62. The molecular formula is C19H19N3O4. The number of phenols is 1. The highest BCUT2D eigenvalue weighted by Crippen LogP contribution is 2.30. The lowest BCUT2D eigenvalue weighted by Crippen LogP contribution is -2.20. The van der Waals surface area contributed by atoms with Crippen molar-refractivity contribution in [2.24, 2.45) is 5.10 Å². The van der Waals surface area contributed by atoms with Crippen LogP contribution < -0.4 is 15.0 Å². The van der Waals surface area contributed by atoms with Crippen LogP contribution in [-0.2, 0) is 0 Å². The Morgan fingerprint density at radius 2 is 1.81 bits per heavy atom. The minimum atomic E-state index is -0.336. The molecule has 0 spiro atoms. The highest BCUT2D eigenvalue weighted by atomic mass is 16.5. The van der Waals surface area contributed by atoms with Crippen molar-refractivity contribution in [3.8, 4) is 17.2 Å². The zero-order chi connectivity index (χ0) is 18.8. The molecule has 3 rings (SSSR count). The van der Waals surface area contributed by atoms with Crippen LogP contribution in [0.5, 0.6) is 17.2 Å². The van der Waals surface area contributed by atoms with Gasteiger partial charge in [-0.25, -0.2) is 4.98 Å². The average Bonchev–Trinajstić information content (AvgIpc) is 2.63. The van der Waals surface area contributed by atoms with E-state index >= 15 is 0 Å². The molecule has 0 fully saturated rings. The van der Waals surface area contributed by atoms with Crippen LogP contribution in [0.2, 0.25) is 0 Å². The molecule has 0 unspecified atom stereocenters. The topological polar surface area (TPSA) is 85.9 Å². The highest BCUT2D eigenvalue weighted by molar-refractivity contribution is 5.84. The van der Waals surface area contributed by atoms with Crippen molar-refractivity contribution in [1.82, 2.24) is 9.66 Å². The van der Waals surface area contributed by atoms with Crippen molar-refractivity contribution in [3.63, 3.8) is 0 Å². The van der Waals surface area contributed by atoms with Crippen LogP contribution >= 0.6 is 0 Å². The van der Waals surface area contributed by atoms with E-state index in [1.165, 1.54) is 25.1 Å². The lowest BCUT2D eigenvalue weighted by atomic mass is 10.1. The third kappa shape index (κ3) is 3.11. The Bertz CT molecular complexity index is 1070. The molecular weight excluding hydrogens is 334 g/mol.